The van der Waals surface area contributed by atoms with Crippen molar-refractivity contribution in [3.05, 3.63) is 168 Å². The van der Waals surface area contributed by atoms with Crippen molar-refractivity contribution in [1.82, 2.24) is 24.5 Å². The monoisotopic (exact) mass is 881 g/mol. The maximum atomic E-state index is 7.20. The van der Waals surface area contributed by atoms with E-state index in [1.54, 1.807) is 0 Å². The molecule has 0 atom stereocenters. The zero-order valence-electron chi connectivity index (χ0n) is 40.6. The summed E-state index contributed by atoms with van der Waals surface area (Å²) in [5.41, 5.74) is 12.7. The summed E-state index contributed by atoms with van der Waals surface area (Å²) in [5, 5.41) is 2.16. The molecule has 1 aliphatic rings. The summed E-state index contributed by atoms with van der Waals surface area (Å²) >= 11 is 0. The zero-order chi connectivity index (χ0) is 47.0. The van der Waals surface area contributed by atoms with Gasteiger partial charge in [-0.15, -0.1) is 0 Å². The van der Waals surface area contributed by atoms with E-state index in [1.165, 1.54) is 22.4 Å². The van der Waals surface area contributed by atoms with Gasteiger partial charge in [-0.1, -0.05) is 135 Å². The molecular formula is C59H59N7O. The summed E-state index contributed by atoms with van der Waals surface area (Å²) in [4.78, 5) is 25.4. The zero-order valence-corrected chi connectivity index (χ0v) is 40.6. The third-order valence-electron chi connectivity index (χ3n) is 13.1. The minimum Gasteiger partial charge on any atom is -0.456 e. The summed E-state index contributed by atoms with van der Waals surface area (Å²) in [6.07, 6.45) is 1.88. The van der Waals surface area contributed by atoms with Gasteiger partial charge in [-0.05, 0) is 100 Å². The number of para-hydroxylation sites is 2. The second-order valence-electron chi connectivity index (χ2n) is 21.2. The van der Waals surface area contributed by atoms with Crippen LogP contribution >= 0.6 is 0 Å². The second-order valence-corrected chi connectivity index (χ2v) is 21.2. The average molecular weight is 882 g/mol. The molecule has 0 fully saturated rings. The molecule has 3 aromatic heterocycles. The van der Waals surface area contributed by atoms with Gasteiger partial charge in [0.05, 0.1) is 34.6 Å². The first-order valence-corrected chi connectivity index (χ1v) is 23.3. The largest absolute Gasteiger partial charge is 0.456 e. The highest BCUT2D eigenvalue weighted by Crippen LogP contribution is 2.45. The standard InChI is InChI=1S/C59H59N7O/c1-37-29-30-60-53(31-37)66-48-28-27-42(59(8,9)10)32-45(48)46-34-47(52(35-51(46)66)67-44-16-14-15-43(33-44)65-36-64(11)49-17-12-13-18-50(49)65)56-62-54(38-19-23-40(24-20-38)57(2,3)4)61-55(63-56)39-21-25-41(26-22-39)58(5,6)7/h12-35H,36H2,1-11H3. The van der Waals surface area contributed by atoms with Gasteiger partial charge in [0, 0.05) is 53.0 Å². The van der Waals surface area contributed by atoms with Crippen molar-refractivity contribution < 1.29 is 4.74 Å². The van der Waals surface area contributed by atoms with Crippen molar-refractivity contribution in [2.75, 3.05) is 23.5 Å². The first-order chi connectivity index (χ1) is 31.9. The number of rotatable bonds is 7. The number of fused-ring (bicyclic) bond motifs is 4. The Hall–Kier alpha value is -7.32. The summed E-state index contributed by atoms with van der Waals surface area (Å²) < 4.78 is 9.45. The van der Waals surface area contributed by atoms with Crippen LogP contribution in [0.4, 0.5) is 17.1 Å². The van der Waals surface area contributed by atoms with Crippen molar-refractivity contribution in [1.29, 1.82) is 0 Å². The number of anilines is 3. The van der Waals surface area contributed by atoms with Crippen LogP contribution in [0.15, 0.2) is 146 Å². The first-order valence-electron chi connectivity index (χ1n) is 23.3. The molecule has 1 aliphatic heterocycles. The lowest BCUT2D eigenvalue weighted by Crippen LogP contribution is -2.23. The molecule has 0 saturated carbocycles. The first kappa shape index (κ1) is 43.6. The van der Waals surface area contributed by atoms with Crippen molar-refractivity contribution in [2.24, 2.45) is 0 Å². The predicted octanol–water partition coefficient (Wildman–Crippen LogP) is 14.9. The van der Waals surface area contributed by atoms with Crippen LogP contribution in [0.1, 0.15) is 84.6 Å². The number of ether oxygens (including phenoxy) is 1. The minimum atomic E-state index is -0.0746. The van der Waals surface area contributed by atoms with Gasteiger partial charge in [-0.2, -0.15) is 0 Å². The number of pyridine rings is 1. The van der Waals surface area contributed by atoms with E-state index in [4.69, 9.17) is 24.7 Å². The normalized spacial score (nSPS) is 13.2. The Morgan fingerprint density at radius 3 is 1.72 bits per heavy atom. The molecule has 9 aromatic rings. The number of hydrogen-bond acceptors (Lipinski definition) is 7. The lowest BCUT2D eigenvalue weighted by Gasteiger charge is -2.21. The second kappa shape index (κ2) is 16.2. The Bertz CT molecular complexity index is 3250. The van der Waals surface area contributed by atoms with Crippen molar-refractivity contribution in [3.63, 3.8) is 0 Å². The van der Waals surface area contributed by atoms with Crippen LogP contribution in [0.5, 0.6) is 11.5 Å². The lowest BCUT2D eigenvalue weighted by molar-refractivity contribution is 0.484. The molecule has 67 heavy (non-hydrogen) atoms. The van der Waals surface area contributed by atoms with Crippen LogP contribution in [0.25, 0.3) is 61.8 Å². The van der Waals surface area contributed by atoms with Crippen LogP contribution in [0, 0.1) is 6.92 Å². The van der Waals surface area contributed by atoms with Crippen molar-refractivity contribution >= 4 is 38.9 Å². The van der Waals surface area contributed by atoms with E-state index in [0.29, 0.717) is 29.0 Å². The highest BCUT2D eigenvalue weighted by atomic mass is 16.5. The van der Waals surface area contributed by atoms with E-state index >= 15 is 0 Å². The Balaban J connectivity index is 1.23. The fourth-order valence-electron chi connectivity index (χ4n) is 9.10. The maximum absolute atomic E-state index is 7.20. The van der Waals surface area contributed by atoms with Crippen molar-refractivity contribution in [3.8, 4) is 51.5 Å². The molecule has 0 spiro atoms. The van der Waals surface area contributed by atoms with E-state index in [1.807, 2.05) is 18.3 Å². The highest BCUT2D eigenvalue weighted by Gasteiger charge is 2.27. The Kier molecular flexibility index (Phi) is 10.6. The molecule has 336 valence electrons. The predicted molar refractivity (Wildman–Crippen MR) is 277 cm³/mol. The van der Waals surface area contributed by atoms with E-state index in [0.717, 1.165) is 67.9 Å². The molecule has 4 heterocycles. The molecular weight excluding hydrogens is 823 g/mol. The average Bonchev–Trinajstić information content (AvgIpc) is 3.81. The van der Waals surface area contributed by atoms with Gasteiger partial charge >= 0.3 is 0 Å². The molecule has 0 amide bonds. The Morgan fingerprint density at radius 2 is 1.10 bits per heavy atom. The quantitative estimate of drug-likeness (QED) is 0.158. The third kappa shape index (κ3) is 8.30. The maximum Gasteiger partial charge on any atom is 0.167 e. The topological polar surface area (TPSA) is 72.2 Å². The molecule has 0 saturated heterocycles. The van der Waals surface area contributed by atoms with Crippen LogP contribution in [0.3, 0.4) is 0 Å². The molecule has 0 aliphatic carbocycles. The van der Waals surface area contributed by atoms with Crippen LogP contribution in [0.2, 0.25) is 0 Å². The summed E-state index contributed by atoms with van der Waals surface area (Å²) in [5.74, 6) is 3.85. The number of aromatic nitrogens is 5. The Labute approximate surface area is 395 Å². The van der Waals surface area contributed by atoms with Gasteiger partial charge in [0.25, 0.3) is 0 Å². The van der Waals surface area contributed by atoms with Gasteiger partial charge in [-0.25, -0.2) is 19.9 Å². The lowest BCUT2D eigenvalue weighted by atomic mass is 9.86. The van der Waals surface area contributed by atoms with E-state index in [-0.39, 0.29) is 16.2 Å². The molecule has 0 N–H and O–H groups in total. The van der Waals surface area contributed by atoms with E-state index < -0.39 is 0 Å². The molecule has 10 rings (SSSR count). The van der Waals surface area contributed by atoms with E-state index in [9.17, 15) is 0 Å². The van der Waals surface area contributed by atoms with E-state index in [2.05, 4.69) is 218 Å². The Morgan fingerprint density at radius 1 is 0.522 bits per heavy atom. The molecule has 8 heteroatoms. The van der Waals surface area contributed by atoms with Crippen LogP contribution in [-0.4, -0.2) is 38.2 Å². The summed E-state index contributed by atoms with van der Waals surface area (Å²) in [6.45, 7) is 23.0. The molecule has 0 bridgehead atoms. The fourth-order valence-corrected chi connectivity index (χ4v) is 9.10. The SMILES string of the molecule is Cc1ccnc(-n2c3ccc(C(C)(C)C)cc3c3cc(-c4nc(-c5ccc(C(C)(C)C)cc5)nc(-c5ccc(C(C)(C)C)cc5)n4)c(Oc4cccc(N5CN(C)c6ccccc65)c4)cc32)c1. The van der Waals surface area contributed by atoms with Gasteiger partial charge < -0.3 is 14.5 Å². The number of benzene rings is 6. The van der Waals surface area contributed by atoms with Crippen LogP contribution < -0.4 is 14.5 Å². The van der Waals surface area contributed by atoms with Gasteiger partial charge in [0.1, 0.15) is 17.3 Å². The van der Waals surface area contributed by atoms with Gasteiger partial charge in [0.15, 0.2) is 17.5 Å². The van der Waals surface area contributed by atoms with Crippen molar-refractivity contribution in [2.45, 2.75) is 85.5 Å². The molecule has 8 nitrogen and oxygen atoms in total. The fraction of sp³-hybridized carbons (Fsp3) is 0.254. The molecule has 6 aromatic carbocycles. The summed E-state index contributed by atoms with van der Waals surface area (Å²) in [7, 11) is 2.13. The summed E-state index contributed by atoms with van der Waals surface area (Å²) in [6, 6.07) is 49.5. The third-order valence-corrected chi connectivity index (χ3v) is 13.1. The number of nitrogens with zero attached hydrogens (tertiary/aromatic N) is 7. The minimum absolute atomic E-state index is 0.00417. The smallest absolute Gasteiger partial charge is 0.167 e. The highest BCUT2D eigenvalue weighted by molar-refractivity contribution is 6.11. The molecule has 0 radical (unpaired) electrons. The number of aryl methyl sites for hydroxylation is 1. The van der Waals surface area contributed by atoms with Gasteiger partial charge in [0.2, 0.25) is 0 Å². The molecule has 0 unspecified atom stereocenters. The van der Waals surface area contributed by atoms with Gasteiger partial charge in [-0.3, -0.25) is 4.57 Å². The van der Waals surface area contributed by atoms with Crippen LogP contribution in [-0.2, 0) is 16.2 Å². The number of hydrogen-bond donors (Lipinski definition) is 0.